The molecule has 0 aliphatic carbocycles. The molecule has 0 radical (unpaired) electrons. The van der Waals surface area contributed by atoms with E-state index in [2.05, 4.69) is 10.6 Å². The van der Waals surface area contributed by atoms with E-state index >= 15 is 0 Å². The van der Waals surface area contributed by atoms with Gasteiger partial charge in [0.15, 0.2) is 0 Å². The molecule has 2 heterocycles. The molecular weight excluding hydrogens is 308 g/mol. The van der Waals surface area contributed by atoms with Crippen LogP contribution >= 0.6 is 0 Å². The number of carbonyl (C=O) groups excluding carboxylic acids is 2. The average Bonchev–Trinajstić information content (AvgIpc) is 3.10. The van der Waals surface area contributed by atoms with Gasteiger partial charge in [-0.05, 0) is 29.8 Å². The second-order valence-electron chi connectivity index (χ2n) is 5.19. The zero-order chi connectivity index (χ0) is 16.9. The van der Waals surface area contributed by atoms with Crippen LogP contribution in [0.15, 0.2) is 59.0 Å². The first-order chi connectivity index (χ1) is 11.7. The van der Waals surface area contributed by atoms with Gasteiger partial charge in [0.1, 0.15) is 17.5 Å². The molecule has 0 bridgehead atoms. The Bertz CT molecular complexity index is 789. The van der Waals surface area contributed by atoms with Crippen LogP contribution in [0.4, 0.5) is 0 Å². The quantitative estimate of drug-likeness (QED) is 0.843. The average molecular weight is 324 g/mol. The molecule has 122 valence electrons. The number of benzene rings is 1. The van der Waals surface area contributed by atoms with Gasteiger partial charge in [-0.15, -0.1) is 0 Å². The zero-order valence-electron chi connectivity index (χ0n) is 13.0. The van der Waals surface area contributed by atoms with E-state index in [1.54, 1.807) is 31.4 Å². The first-order valence-corrected chi connectivity index (χ1v) is 7.33. The molecule has 0 saturated carbocycles. The van der Waals surface area contributed by atoms with Crippen LogP contribution in [0.2, 0.25) is 0 Å². The lowest BCUT2D eigenvalue weighted by Crippen LogP contribution is -2.53. The summed E-state index contributed by atoms with van der Waals surface area (Å²) < 4.78 is 10.0. The van der Waals surface area contributed by atoms with Crippen molar-refractivity contribution < 1.29 is 18.7 Å². The van der Waals surface area contributed by atoms with Crippen molar-refractivity contribution in [3.05, 3.63) is 65.8 Å². The van der Waals surface area contributed by atoms with Crippen molar-refractivity contribution in [2.45, 2.75) is 6.04 Å². The van der Waals surface area contributed by atoms with Crippen LogP contribution in [0.25, 0.3) is 12.2 Å². The van der Waals surface area contributed by atoms with Crippen LogP contribution in [0, 0.1) is 0 Å². The third-order valence-electron chi connectivity index (χ3n) is 3.52. The Morgan fingerprint density at radius 2 is 1.92 bits per heavy atom. The second-order valence-corrected chi connectivity index (χ2v) is 5.19. The van der Waals surface area contributed by atoms with Gasteiger partial charge in [0.05, 0.1) is 19.6 Å². The van der Waals surface area contributed by atoms with E-state index in [0.717, 1.165) is 11.3 Å². The van der Waals surface area contributed by atoms with Gasteiger partial charge in [0.25, 0.3) is 11.8 Å². The maximum atomic E-state index is 12.1. The lowest BCUT2D eigenvalue weighted by Gasteiger charge is -2.22. The van der Waals surface area contributed by atoms with Crippen LogP contribution in [-0.4, -0.2) is 25.0 Å². The summed E-state index contributed by atoms with van der Waals surface area (Å²) in [4.78, 5) is 24.2. The van der Waals surface area contributed by atoms with Crippen molar-refractivity contribution in [1.82, 2.24) is 10.6 Å². The summed E-state index contributed by atoms with van der Waals surface area (Å²) in [5.41, 5.74) is 1.79. The molecule has 2 amide bonds. The number of carbonyl (C=O) groups is 2. The van der Waals surface area contributed by atoms with Gasteiger partial charge >= 0.3 is 0 Å². The van der Waals surface area contributed by atoms with Crippen molar-refractivity contribution in [2.24, 2.45) is 0 Å². The fraction of sp³-hybridized carbons (Fsp3) is 0.111. The van der Waals surface area contributed by atoms with Gasteiger partial charge < -0.3 is 19.8 Å². The van der Waals surface area contributed by atoms with E-state index in [1.807, 2.05) is 24.3 Å². The molecule has 0 spiro atoms. The maximum absolute atomic E-state index is 12.1. The minimum atomic E-state index is -0.721. The van der Waals surface area contributed by atoms with E-state index in [4.69, 9.17) is 9.15 Å². The fourth-order valence-electron chi connectivity index (χ4n) is 2.24. The third kappa shape index (κ3) is 3.55. The second kappa shape index (κ2) is 6.87. The highest BCUT2D eigenvalue weighted by Gasteiger charge is 2.27. The number of methoxy groups -OCH3 is 1. The van der Waals surface area contributed by atoms with Gasteiger partial charge in [-0.2, -0.15) is 0 Å². The first kappa shape index (κ1) is 15.6. The van der Waals surface area contributed by atoms with Crippen molar-refractivity contribution in [3.8, 4) is 5.75 Å². The SMILES string of the molecule is COc1ccc(C=CC2NC(=O)C(=Cc3ccoc3)NC2=O)cc1. The summed E-state index contributed by atoms with van der Waals surface area (Å²) in [5.74, 6) is 0.110. The molecule has 1 saturated heterocycles. The topological polar surface area (TPSA) is 80.6 Å². The zero-order valence-corrected chi connectivity index (χ0v) is 13.0. The smallest absolute Gasteiger partial charge is 0.268 e. The number of hydrogen-bond donors (Lipinski definition) is 2. The molecule has 1 fully saturated rings. The van der Waals surface area contributed by atoms with Crippen LogP contribution < -0.4 is 15.4 Å². The van der Waals surface area contributed by atoms with E-state index < -0.39 is 6.04 Å². The van der Waals surface area contributed by atoms with E-state index in [1.165, 1.54) is 12.5 Å². The lowest BCUT2D eigenvalue weighted by atomic mass is 10.1. The number of nitrogens with one attached hydrogen (secondary N) is 2. The molecule has 1 atom stereocenters. The van der Waals surface area contributed by atoms with Gasteiger partial charge in [-0.25, -0.2) is 0 Å². The minimum absolute atomic E-state index is 0.190. The summed E-state index contributed by atoms with van der Waals surface area (Å²) in [7, 11) is 1.60. The molecule has 3 rings (SSSR count). The highest BCUT2D eigenvalue weighted by molar-refractivity contribution is 6.08. The van der Waals surface area contributed by atoms with Crippen LogP contribution in [0.3, 0.4) is 0 Å². The van der Waals surface area contributed by atoms with Crippen LogP contribution in [0.1, 0.15) is 11.1 Å². The normalized spacial score (nSPS) is 19.4. The monoisotopic (exact) mass is 324 g/mol. The Balaban J connectivity index is 1.69. The predicted molar refractivity (Wildman–Crippen MR) is 88.8 cm³/mol. The summed E-state index contributed by atoms with van der Waals surface area (Å²) in [6.45, 7) is 0. The molecule has 1 aromatic carbocycles. The third-order valence-corrected chi connectivity index (χ3v) is 3.52. The van der Waals surface area contributed by atoms with Crippen LogP contribution in [0.5, 0.6) is 5.75 Å². The van der Waals surface area contributed by atoms with Gasteiger partial charge in [-0.1, -0.05) is 24.3 Å². The highest BCUT2D eigenvalue weighted by Crippen LogP contribution is 2.14. The number of piperazine rings is 1. The minimum Gasteiger partial charge on any atom is -0.497 e. The molecule has 24 heavy (non-hydrogen) atoms. The molecule has 2 aromatic rings. The first-order valence-electron chi connectivity index (χ1n) is 7.33. The van der Waals surface area contributed by atoms with Gasteiger partial charge in [0, 0.05) is 5.56 Å². The Morgan fingerprint density at radius 1 is 1.12 bits per heavy atom. The van der Waals surface area contributed by atoms with Crippen molar-refractivity contribution >= 4 is 24.0 Å². The molecule has 2 N–H and O–H groups in total. The maximum Gasteiger partial charge on any atom is 0.268 e. The summed E-state index contributed by atoms with van der Waals surface area (Å²) in [6, 6.07) is 8.35. The number of rotatable bonds is 4. The largest absolute Gasteiger partial charge is 0.497 e. The lowest BCUT2D eigenvalue weighted by molar-refractivity contribution is -0.129. The van der Waals surface area contributed by atoms with Crippen molar-refractivity contribution in [2.75, 3.05) is 7.11 Å². The van der Waals surface area contributed by atoms with Crippen LogP contribution in [-0.2, 0) is 9.59 Å². The molecule has 1 aromatic heterocycles. The summed E-state index contributed by atoms with van der Waals surface area (Å²) in [5, 5.41) is 5.27. The van der Waals surface area contributed by atoms with Crippen molar-refractivity contribution in [1.29, 1.82) is 0 Å². The number of ether oxygens (including phenoxy) is 1. The van der Waals surface area contributed by atoms with Crippen molar-refractivity contribution in [3.63, 3.8) is 0 Å². The Kier molecular flexibility index (Phi) is 4.47. The van der Waals surface area contributed by atoms with Gasteiger partial charge in [0.2, 0.25) is 0 Å². The Labute approximate surface area is 138 Å². The predicted octanol–water partition coefficient (Wildman–Crippen LogP) is 1.96. The molecule has 1 aliphatic heterocycles. The molecule has 6 heteroatoms. The Morgan fingerprint density at radius 3 is 2.58 bits per heavy atom. The molecular formula is C18H16N2O4. The fourth-order valence-corrected chi connectivity index (χ4v) is 2.24. The molecule has 1 unspecified atom stereocenters. The summed E-state index contributed by atoms with van der Waals surface area (Å²) >= 11 is 0. The number of amides is 2. The standard InChI is InChI=1S/C18H16N2O4/c1-23-14-5-2-12(3-6-14)4-7-15-17(21)20-16(18(22)19-15)10-13-8-9-24-11-13/h2-11,15H,1H3,(H,19,22)(H,20,21). The molecule has 6 nitrogen and oxygen atoms in total. The Hall–Kier alpha value is -3.28. The van der Waals surface area contributed by atoms with Gasteiger partial charge in [-0.3, -0.25) is 9.59 Å². The van der Waals surface area contributed by atoms with E-state index in [-0.39, 0.29) is 17.5 Å². The number of furan rings is 1. The molecule has 1 aliphatic rings. The summed E-state index contributed by atoms with van der Waals surface area (Å²) in [6.07, 6.45) is 7.95. The highest BCUT2D eigenvalue weighted by atomic mass is 16.5. The van der Waals surface area contributed by atoms with E-state index in [9.17, 15) is 9.59 Å². The number of hydrogen-bond acceptors (Lipinski definition) is 4. The van der Waals surface area contributed by atoms with E-state index in [0.29, 0.717) is 5.56 Å².